The molecule has 2 aromatic rings. The van der Waals surface area contributed by atoms with Crippen LogP contribution in [0.3, 0.4) is 0 Å². The smallest absolute Gasteiger partial charge is 0.200 e. The Morgan fingerprint density at radius 2 is 1.09 bits per heavy atom. The molecule has 0 aliphatic heterocycles. The number of aromatic hydroxyl groups is 2. The summed E-state index contributed by atoms with van der Waals surface area (Å²) < 4.78 is 83.9. The van der Waals surface area contributed by atoms with Crippen molar-refractivity contribution in [2.75, 3.05) is 64.7 Å². The highest BCUT2D eigenvalue weighted by molar-refractivity contribution is 6.33. The molecule has 4 N–H and O–H groups in total. The number of hydrogen-bond acceptors (Lipinski definition) is 8. The van der Waals surface area contributed by atoms with Crippen LogP contribution in [0.5, 0.6) is 11.5 Å². The van der Waals surface area contributed by atoms with E-state index in [1.54, 1.807) is 0 Å². The van der Waals surface area contributed by atoms with Crippen LogP contribution in [-0.2, 0) is 0 Å². The van der Waals surface area contributed by atoms with E-state index in [4.69, 9.17) is 16.4 Å². The molecule has 0 fully saturated rings. The topological polar surface area (TPSA) is 145 Å². The Labute approximate surface area is 227 Å². The third kappa shape index (κ3) is 6.29. The summed E-state index contributed by atoms with van der Waals surface area (Å²) in [6.07, 6.45) is 0. The number of phenolic OH excluding ortho intramolecular Hbond substituents is 2. The van der Waals surface area contributed by atoms with Gasteiger partial charge < -0.3 is 40.6 Å². The lowest BCUT2D eigenvalue weighted by atomic mass is 9.81. The van der Waals surface area contributed by atoms with Gasteiger partial charge in [-0.25, -0.2) is 0 Å². The van der Waals surface area contributed by atoms with Gasteiger partial charge in [0.2, 0.25) is 11.6 Å². The van der Waals surface area contributed by atoms with Crippen molar-refractivity contribution < 1.29 is 45.5 Å². The van der Waals surface area contributed by atoms with Crippen molar-refractivity contribution in [3.8, 4) is 11.5 Å². The first kappa shape index (κ1) is 15.4. The van der Waals surface area contributed by atoms with Crippen molar-refractivity contribution in [2.24, 2.45) is 0 Å². The number of ketones is 2. The predicted molar refractivity (Wildman–Crippen MR) is 135 cm³/mol. The minimum atomic E-state index is -3.51. The van der Waals surface area contributed by atoms with Gasteiger partial charge in [-0.1, -0.05) is 0 Å². The Balaban J connectivity index is 0.00000529. The van der Waals surface area contributed by atoms with E-state index >= 15 is 0 Å². The number of quaternary nitrogens is 2. The predicted octanol–water partition coefficient (Wildman–Crippen LogP) is 2.69. The maximum absolute atomic E-state index is 13.6. The molecule has 0 saturated heterocycles. The van der Waals surface area contributed by atoms with Gasteiger partial charge in [0.25, 0.3) is 0 Å². The highest BCUT2D eigenvalue weighted by Crippen LogP contribution is 2.42. The molecule has 34 heavy (non-hydrogen) atoms. The standard InChI is InChI=1S/C22H28N4O6.2ClH/c1-25(2,31)11-9-23-13-5-6-14(24-10-12-26(3,4)32)18-17(13)21(29)19-15(27)7-8-16(28)20(19)22(18)30;;/h5-8,23-24,27-28H,9-12H2,1-4H3;2*1H/i1D3,2D3,3D3,4D3;;. The SMILES string of the molecule is Cl.Cl.[2H]C([2H])([2H])[N+]([O-])(CCNc1ccc(NCC[N+]([O-])(C([2H])([2H])[2H])C([2H])([2H])[2H])c2c1C(=O)c1c(O)ccc(O)c1C2=O)C([2H])([2H])[2H]. The van der Waals surface area contributed by atoms with Crippen molar-refractivity contribution >= 4 is 47.8 Å². The number of nitrogens with zero attached hydrogens (tertiary/aromatic N) is 2. The lowest BCUT2D eigenvalue weighted by molar-refractivity contribution is -0.838. The van der Waals surface area contributed by atoms with E-state index in [1.807, 2.05) is 0 Å². The third-order valence-corrected chi connectivity index (χ3v) is 4.76. The molecule has 0 amide bonds. The second kappa shape index (κ2) is 10.8. The Morgan fingerprint density at radius 1 is 0.735 bits per heavy atom. The molecule has 3 rings (SSSR count). The van der Waals surface area contributed by atoms with Gasteiger partial charge in [0.15, 0.2) is 0 Å². The van der Waals surface area contributed by atoms with E-state index in [-0.39, 0.29) is 36.2 Å². The van der Waals surface area contributed by atoms with E-state index < -0.39 is 109 Å². The Bertz CT molecular complexity index is 1350. The zero-order chi connectivity index (χ0) is 33.8. The minimum Gasteiger partial charge on any atom is -0.633 e. The van der Waals surface area contributed by atoms with E-state index in [0.29, 0.717) is 0 Å². The summed E-state index contributed by atoms with van der Waals surface area (Å²) in [7, 11) is 0. The minimum absolute atomic E-state index is 0. The number of carbonyl (C=O) groups is 2. The first-order chi connectivity index (χ1) is 19.8. The van der Waals surface area contributed by atoms with Crippen LogP contribution in [0.1, 0.15) is 48.3 Å². The molecule has 188 valence electrons. The maximum Gasteiger partial charge on any atom is 0.200 e. The summed E-state index contributed by atoms with van der Waals surface area (Å²) in [5.41, 5.74) is -2.54. The highest BCUT2D eigenvalue weighted by atomic mass is 35.5. The second-order valence-corrected chi connectivity index (χ2v) is 7.20. The molecule has 10 nitrogen and oxygen atoms in total. The molecule has 1 aliphatic carbocycles. The lowest BCUT2D eigenvalue weighted by Crippen LogP contribution is -2.37. The normalized spacial score (nSPS) is 19.5. The van der Waals surface area contributed by atoms with Gasteiger partial charge in [0.1, 0.15) is 11.5 Å². The van der Waals surface area contributed by atoms with Gasteiger partial charge in [0, 0.05) is 11.4 Å². The van der Waals surface area contributed by atoms with Gasteiger partial charge in [-0.3, -0.25) is 9.59 Å². The Morgan fingerprint density at radius 3 is 1.41 bits per heavy atom. The average Bonchev–Trinajstić information content (AvgIpc) is 2.86. The van der Waals surface area contributed by atoms with Crippen LogP contribution in [0, 0.1) is 10.4 Å². The van der Waals surface area contributed by atoms with Crippen molar-refractivity contribution in [1.82, 2.24) is 0 Å². The highest BCUT2D eigenvalue weighted by Gasteiger charge is 2.38. The number of halogens is 2. The van der Waals surface area contributed by atoms with E-state index in [2.05, 4.69) is 10.6 Å². The molecule has 0 spiro atoms. The van der Waals surface area contributed by atoms with Crippen LogP contribution >= 0.6 is 24.8 Å². The van der Waals surface area contributed by atoms with E-state index in [9.17, 15) is 30.2 Å². The second-order valence-electron chi connectivity index (χ2n) is 7.20. The molecule has 2 aromatic carbocycles. The monoisotopic (exact) mass is 528 g/mol. The number of likely N-dealkylation sites (N-methyl/N-ethyl adjacent to an activating group) is 2. The van der Waals surface area contributed by atoms with Crippen LogP contribution in [-0.4, -0.2) is 85.2 Å². The number of anilines is 2. The van der Waals surface area contributed by atoms with E-state index in [0.717, 1.165) is 24.3 Å². The quantitative estimate of drug-likeness (QED) is 0.198. The number of carbonyl (C=O) groups excluding carboxylic acids is 2. The molecule has 0 bridgehead atoms. The molecule has 0 unspecified atom stereocenters. The molecule has 12 heteroatoms. The van der Waals surface area contributed by atoms with Gasteiger partial charge in [-0.05, 0) is 24.3 Å². The summed E-state index contributed by atoms with van der Waals surface area (Å²) in [5, 5.41) is 51.6. The maximum atomic E-state index is 13.6. The zero-order valence-electron chi connectivity index (χ0n) is 29.4. The van der Waals surface area contributed by atoms with Gasteiger partial charge in [-0.2, -0.15) is 0 Å². The largest absolute Gasteiger partial charge is 0.633 e. The number of phenols is 2. The van der Waals surface area contributed by atoms with Crippen LogP contribution in [0.25, 0.3) is 0 Å². The van der Waals surface area contributed by atoms with E-state index in [1.165, 1.54) is 0 Å². The average molecular weight is 529 g/mol. The fourth-order valence-electron chi connectivity index (χ4n) is 3.36. The fourth-order valence-corrected chi connectivity index (χ4v) is 3.36. The van der Waals surface area contributed by atoms with Gasteiger partial charge in [0.05, 0.1) is 92.8 Å². The number of hydrogen-bond donors (Lipinski definition) is 4. The first-order valence-corrected chi connectivity index (χ1v) is 9.28. The summed E-state index contributed by atoms with van der Waals surface area (Å²) in [6.45, 7) is -17.4. The van der Waals surface area contributed by atoms with Gasteiger partial charge >= 0.3 is 0 Å². The number of rotatable bonds is 8. The summed E-state index contributed by atoms with van der Waals surface area (Å²) >= 11 is 0. The zero-order valence-corrected chi connectivity index (χ0v) is 19.0. The van der Waals surface area contributed by atoms with Crippen LogP contribution < -0.4 is 10.6 Å². The van der Waals surface area contributed by atoms with Crippen molar-refractivity contribution in [3.05, 3.63) is 56.9 Å². The van der Waals surface area contributed by atoms with Crippen molar-refractivity contribution in [3.63, 3.8) is 0 Å². The molecular weight excluding hydrogens is 487 g/mol. The molecule has 0 atom stereocenters. The summed E-state index contributed by atoms with van der Waals surface area (Å²) in [6, 6.07) is 4.22. The molecular formula is C22H30Cl2N4O6. The molecule has 1 aliphatic rings. The van der Waals surface area contributed by atoms with Crippen LogP contribution in [0.2, 0.25) is 0 Å². The van der Waals surface area contributed by atoms with Gasteiger partial charge in [-0.15, -0.1) is 24.8 Å². The van der Waals surface area contributed by atoms with Crippen molar-refractivity contribution in [1.29, 1.82) is 0 Å². The third-order valence-electron chi connectivity index (χ3n) is 4.76. The number of nitrogens with one attached hydrogen (secondary N) is 2. The Hall–Kier alpha value is -2.60. The number of fused-ring (bicyclic) bond motifs is 2. The molecule has 0 radical (unpaired) electrons. The van der Waals surface area contributed by atoms with Crippen LogP contribution in [0.4, 0.5) is 11.4 Å². The summed E-state index contributed by atoms with van der Waals surface area (Å²) in [5.74, 6) is -3.42. The molecule has 0 heterocycles. The lowest BCUT2D eigenvalue weighted by Gasteiger charge is -2.34. The Kier molecular flexibility index (Phi) is 4.88. The molecule has 0 aromatic heterocycles. The number of hydroxylamine groups is 6. The van der Waals surface area contributed by atoms with Crippen molar-refractivity contribution in [2.45, 2.75) is 0 Å². The fraction of sp³-hybridized carbons (Fsp3) is 0.364. The first-order valence-electron chi connectivity index (χ1n) is 15.3. The van der Waals surface area contributed by atoms with Crippen LogP contribution in [0.15, 0.2) is 24.3 Å². The summed E-state index contributed by atoms with van der Waals surface area (Å²) in [4.78, 5) is 27.3. The number of benzene rings is 2. The molecule has 0 saturated carbocycles.